The first-order valence-electron chi connectivity index (χ1n) is 11.7. The van der Waals surface area contributed by atoms with E-state index in [1.807, 2.05) is 30.3 Å². The van der Waals surface area contributed by atoms with Crippen LogP contribution in [0.25, 0.3) is 0 Å². The summed E-state index contributed by atoms with van der Waals surface area (Å²) in [5.41, 5.74) is 5.88. The minimum Gasteiger partial charge on any atom is -0.396 e. The van der Waals surface area contributed by atoms with Gasteiger partial charge in [-0.3, -0.25) is 9.59 Å². The SMILES string of the molecule is CC(C)(N)C(=O)N[C@H](COCc1ccccc1)c1nnnn1CCCC(=O)NCCCCCO. The number of aliphatic hydroxyl groups excluding tert-OH is 1. The number of aliphatic hydroxyl groups is 1. The summed E-state index contributed by atoms with van der Waals surface area (Å²) in [5, 5.41) is 26.4. The first-order valence-corrected chi connectivity index (χ1v) is 11.7. The number of nitrogens with zero attached hydrogens (tertiary/aromatic N) is 4. The second-order valence-corrected chi connectivity index (χ2v) is 8.75. The summed E-state index contributed by atoms with van der Waals surface area (Å²) >= 11 is 0. The number of benzene rings is 1. The summed E-state index contributed by atoms with van der Waals surface area (Å²) in [5.74, 6) is 0.0468. The minimum atomic E-state index is -1.08. The van der Waals surface area contributed by atoms with Crippen molar-refractivity contribution < 1.29 is 19.4 Å². The van der Waals surface area contributed by atoms with Gasteiger partial charge in [0.2, 0.25) is 11.8 Å². The van der Waals surface area contributed by atoms with Crippen LogP contribution >= 0.6 is 0 Å². The maximum Gasteiger partial charge on any atom is 0.240 e. The summed E-state index contributed by atoms with van der Waals surface area (Å²) < 4.78 is 7.42. The second-order valence-electron chi connectivity index (χ2n) is 8.75. The van der Waals surface area contributed by atoms with Crippen molar-refractivity contribution in [2.75, 3.05) is 19.8 Å². The molecule has 1 heterocycles. The lowest BCUT2D eigenvalue weighted by Crippen LogP contribution is -2.51. The minimum absolute atomic E-state index is 0.0421. The van der Waals surface area contributed by atoms with Crippen LogP contribution in [0.3, 0.4) is 0 Å². The van der Waals surface area contributed by atoms with E-state index in [0.29, 0.717) is 38.4 Å². The van der Waals surface area contributed by atoms with Gasteiger partial charge >= 0.3 is 0 Å². The summed E-state index contributed by atoms with van der Waals surface area (Å²) in [7, 11) is 0. The van der Waals surface area contributed by atoms with Gasteiger partial charge in [-0.05, 0) is 55.5 Å². The largest absolute Gasteiger partial charge is 0.396 e. The van der Waals surface area contributed by atoms with Gasteiger partial charge in [-0.15, -0.1) is 5.10 Å². The monoisotopic (exact) mass is 475 g/mol. The molecule has 1 aromatic heterocycles. The third-order valence-corrected chi connectivity index (χ3v) is 5.09. The molecule has 5 N–H and O–H groups in total. The quantitative estimate of drug-likeness (QED) is 0.260. The lowest BCUT2D eigenvalue weighted by molar-refractivity contribution is -0.126. The van der Waals surface area contributed by atoms with Crippen molar-refractivity contribution in [2.45, 2.75) is 70.7 Å². The van der Waals surface area contributed by atoms with Crippen molar-refractivity contribution >= 4 is 11.8 Å². The van der Waals surface area contributed by atoms with E-state index < -0.39 is 11.6 Å². The predicted molar refractivity (Wildman–Crippen MR) is 126 cm³/mol. The molecular formula is C23H37N7O4. The number of nitrogens with two attached hydrogens (primary N) is 1. The molecule has 0 saturated heterocycles. The Morgan fingerprint density at radius 2 is 1.94 bits per heavy atom. The van der Waals surface area contributed by atoms with E-state index >= 15 is 0 Å². The molecule has 0 unspecified atom stereocenters. The number of ether oxygens (including phenoxy) is 1. The number of aromatic nitrogens is 4. The molecule has 0 aliphatic heterocycles. The van der Waals surface area contributed by atoms with Crippen LogP contribution in [0, 0.1) is 0 Å². The Hall–Kier alpha value is -2.89. The van der Waals surface area contributed by atoms with Crippen LogP contribution in [0.2, 0.25) is 0 Å². The number of hydrogen-bond donors (Lipinski definition) is 4. The summed E-state index contributed by atoms with van der Waals surface area (Å²) in [4.78, 5) is 24.6. The Morgan fingerprint density at radius 3 is 2.65 bits per heavy atom. The fourth-order valence-corrected chi connectivity index (χ4v) is 3.13. The van der Waals surface area contributed by atoms with Gasteiger partial charge in [0.25, 0.3) is 0 Å². The lowest BCUT2D eigenvalue weighted by atomic mass is 10.1. The van der Waals surface area contributed by atoms with E-state index in [9.17, 15) is 9.59 Å². The van der Waals surface area contributed by atoms with Crippen LogP contribution in [0.1, 0.15) is 63.4 Å². The molecule has 0 spiro atoms. The van der Waals surface area contributed by atoms with E-state index in [2.05, 4.69) is 26.2 Å². The van der Waals surface area contributed by atoms with Crippen LogP contribution < -0.4 is 16.4 Å². The highest BCUT2D eigenvalue weighted by molar-refractivity contribution is 5.85. The molecular weight excluding hydrogens is 438 g/mol. The van der Waals surface area contributed by atoms with E-state index in [4.69, 9.17) is 15.6 Å². The third-order valence-electron chi connectivity index (χ3n) is 5.09. The van der Waals surface area contributed by atoms with Gasteiger partial charge < -0.3 is 26.2 Å². The van der Waals surface area contributed by atoms with E-state index in [1.54, 1.807) is 18.5 Å². The highest BCUT2D eigenvalue weighted by Gasteiger charge is 2.28. The van der Waals surface area contributed by atoms with Gasteiger partial charge in [-0.25, -0.2) is 4.68 Å². The van der Waals surface area contributed by atoms with Crippen molar-refractivity contribution in [1.82, 2.24) is 30.8 Å². The molecule has 0 aliphatic carbocycles. The van der Waals surface area contributed by atoms with Crippen LogP contribution in [0.4, 0.5) is 0 Å². The van der Waals surface area contributed by atoms with E-state index in [-0.39, 0.29) is 25.0 Å². The number of carbonyl (C=O) groups excluding carboxylic acids is 2. The Labute approximate surface area is 200 Å². The average molecular weight is 476 g/mol. The van der Waals surface area contributed by atoms with Crippen molar-refractivity contribution in [3.8, 4) is 0 Å². The highest BCUT2D eigenvalue weighted by atomic mass is 16.5. The molecule has 188 valence electrons. The Kier molecular flexibility index (Phi) is 11.6. The molecule has 11 nitrogen and oxygen atoms in total. The van der Waals surface area contributed by atoms with E-state index in [0.717, 1.165) is 24.8 Å². The van der Waals surface area contributed by atoms with Gasteiger partial charge in [0.15, 0.2) is 5.82 Å². The Morgan fingerprint density at radius 1 is 1.18 bits per heavy atom. The molecule has 2 amide bonds. The summed E-state index contributed by atoms with van der Waals surface area (Å²) in [6.45, 7) is 4.95. The second kappa shape index (κ2) is 14.4. The molecule has 11 heteroatoms. The number of aryl methyl sites for hydroxylation is 1. The standard InChI is InChI=1S/C23H37N7O4/c1-23(2,24)22(33)26-19(17-34-16-18-10-5-3-6-11-18)21-27-28-29-30(21)14-9-12-20(32)25-13-7-4-8-15-31/h3,5-6,10-11,19,31H,4,7-9,12-17,24H2,1-2H3,(H,25,32)(H,26,33)/t19-/m1/s1. The molecule has 0 saturated carbocycles. The predicted octanol–water partition coefficient (Wildman–Crippen LogP) is 0.843. The number of amides is 2. The molecule has 0 radical (unpaired) electrons. The fraction of sp³-hybridized carbons (Fsp3) is 0.609. The van der Waals surface area contributed by atoms with Gasteiger partial charge in [0.05, 0.1) is 18.8 Å². The zero-order valence-corrected chi connectivity index (χ0v) is 20.1. The van der Waals surface area contributed by atoms with Gasteiger partial charge in [-0.1, -0.05) is 30.3 Å². The van der Waals surface area contributed by atoms with Gasteiger partial charge in [0, 0.05) is 26.1 Å². The molecule has 2 aromatic rings. The molecule has 0 fully saturated rings. The van der Waals surface area contributed by atoms with Crippen LogP contribution in [-0.4, -0.2) is 62.4 Å². The number of nitrogens with one attached hydrogen (secondary N) is 2. The number of hydrogen-bond acceptors (Lipinski definition) is 8. The zero-order valence-electron chi connectivity index (χ0n) is 20.1. The zero-order chi connectivity index (χ0) is 24.8. The van der Waals surface area contributed by atoms with E-state index in [1.165, 1.54) is 0 Å². The molecule has 2 rings (SSSR count). The highest BCUT2D eigenvalue weighted by Crippen LogP contribution is 2.14. The third kappa shape index (κ3) is 9.94. The van der Waals surface area contributed by atoms with Gasteiger partial charge in [0.1, 0.15) is 6.04 Å². The smallest absolute Gasteiger partial charge is 0.240 e. The molecule has 0 bridgehead atoms. The van der Waals surface area contributed by atoms with Crippen LogP contribution in [0.15, 0.2) is 30.3 Å². The molecule has 1 atom stereocenters. The molecule has 0 aliphatic rings. The summed E-state index contributed by atoms with van der Waals surface area (Å²) in [6.07, 6.45) is 3.33. The Bertz CT molecular complexity index is 868. The number of tetrazole rings is 1. The number of rotatable bonds is 16. The maximum atomic E-state index is 12.5. The molecule has 34 heavy (non-hydrogen) atoms. The summed E-state index contributed by atoms with van der Waals surface area (Å²) in [6, 6.07) is 9.11. The average Bonchev–Trinajstić information content (AvgIpc) is 3.26. The molecule has 1 aromatic carbocycles. The lowest BCUT2D eigenvalue weighted by Gasteiger charge is -2.23. The first-order chi connectivity index (χ1) is 16.3. The number of carbonyl (C=O) groups is 2. The Balaban J connectivity index is 1.92. The topological polar surface area (TPSA) is 157 Å². The van der Waals surface area contributed by atoms with Crippen LogP contribution in [-0.2, 0) is 27.5 Å². The first kappa shape index (κ1) is 27.4. The van der Waals surface area contributed by atoms with Crippen molar-refractivity contribution in [1.29, 1.82) is 0 Å². The van der Waals surface area contributed by atoms with Crippen LogP contribution in [0.5, 0.6) is 0 Å². The maximum absolute atomic E-state index is 12.5. The van der Waals surface area contributed by atoms with Gasteiger partial charge in [-0.2, -0.15) is 0 Å². The normalized spacial score (nSPS) is 12.4. The van der Waals surface area contributed by atoms with Crippen molar-refractivity contribution in [2.24, 2.45) is 5.73 Å². The van der Waals surface area contributed by atoms with Crippen molar-refractivity contribution in [3.05, 3.63) is 41.7 Å². The van der Waals surface area contributed by atoms with Crippen molar-refractivity contribution in [3.63, 3.8) is 0 Å². The number of unbranched alkanes of at least 4 members (excludes halogenated alkanes) is 2. The fourth-order valence-electron chi connectivity index (χ4n) is 3.13.